The minimum absolute atomic E-state index is 0.687. The van der Waals surface area contributed by atoms with E-state index in [9.17, 15) is 0 Å². The first-order valence-corrected chi connectivity index (χ1v) is 7.48. The lowest BCUT2D eigenvalue weighted by molar-refractivity contribution is 0.102. The van der Waals surface area contributed by atoms with Crippen molar-refractivity contribution >= 4 is 0 Å². The third-order valence-electron chi connectivity index (χ3n) is 4.74. The quantitative estimate of drug-likeness (QED) is 0.767. The Morgan fingerprint density at radius 3 is 2.29 bits per heavy atom. The van der Waals surface area contributed by atoms with Gasteiger partial charge in [-0.15, -0.1) is 0 Å². The fourth-order valence-electron chi connectivity index (χ4n) is 2.93. The molecule has 0 heterocycles. The van der Waals surface area contributed by atoms with Crippen LogP contribution in [-0.2, 0) is 0 Å². The monoisotopic (exact) mass is 240 g/mol. The number of rotatable bonds is 6. The van der Waals surface area contributed by atoms with Crippen LogP contribution < -0.4 is 5.32 Å². The Hall–Kier alpha value is -0.0800. The second-order valence-corrected chi connectivity index (χ2v) is 6.10. The van der Waals surface area contributed by atoms with Crippen LogP contribution in [0.3, 0.4) is 0 Å². The van der Waals surface area contributed by atoms with Gasteiger partial charge >= 0.3 is 0 Å². The van der Waals surface area contributed by atoms with E-state index in [1.54, 1.807) is 0 Å². The van der Waals surface area contributed by atoms with Crippen LogP contribution in [0.1, 0.15) is 53.4 Å². The highest BCUT2D eigenvalue weighted by Crippen LogP contribution is 2.28. The van der Waals surface area contributed by atoms with E-state index in [0.29, 0.717) is 6.04 Å². The van der Waals surface area contributed by atoms with Gasteiger partial charge in [0.2, 0.25) is 0 Å². The fourth-order valence-corrected chi connectivity index (χ4v) is 2.93. The number of nitrogens with zero attached hydrogens (tertiary/aromatic N) is 1. The summed E-state index contributed by atoms with van der Waals surface area (Å²) in [4.78, 5) is 2.63. The maximum absolute atomic E-state index is 3.47. The summed E-state index contributed by atoms with van der Waals surface area (Å²) in [7, 11) is 2.33. The predicted octanol–water partition coefficient (Wildman–Crippen LogP) is 3.13. The molecular formula is C15H32N2. The molecular weight excluding hydrogens is 208 g/mol. The number of hydrogen-bond donors (Lipinski definition) is 1. The van der Waals surface area contributed by atoms with Crippen molar-refractivity contribution in [1.29, 1.82) is 0 Å². The molecule has 0 saturated heterocycles. The summed E-state index contributed by atoms with van der Waals surface area (Å²) in [5.41, 5.74) is 0. The van der Waals surface area contributed by atoms with E-state index >= 15 is 0 Å². The van der Waals surface area contributed by atoms with Crippen LogP contribution in [0.4, 0.5) is 0 Å². The summed E-state index contributed by atoms with van der Waals surface area (Å²) in [5, 5.41) is 3.47. The van der Waals surface area contributed by atoms with Gasteiger partial charge in [0.25, 0.3) is 0 Å². The maximum atomic E-state index is 3.47. The summed E-state index contributed by atoms with van der Waals surface area (Å²) < 4.78 is 0. The van der Waals surface area contributed by atoms with Gasteiger partial charge in [0.1, 0.15) is 0 Å². The van der Waals surface area contributed by atoms with Crippen LogP contribution in [0.5, 0.6) is 0 Å². The first-order valence-electron chi connectivity index (χ1n) is 7.48. The van der Waals surface area contributed by atoms with Gasteiger partial charge in [-0.05, 0) is 64.6 Å². The SMILES string of the molecule is CCNCC(C)C(C)N(C)C1CCC(C)CC1. The highest BCUT2D eigenvalue weighted by atomic mass is 15.2. The normalized spacial score (nSPS) is 29.3. The number of nitrogens with one attached hydrogen (secondary N) is 1. The van der Waals surface area contributed by atoms with Crippen LogP contribution in [0.25, 0.3) is 0 Å². The second kappa shape index (κ2) is 7.38. The molecule has 1 N–H and O–H groups in total. The van der Waals surface area contributed by atoms with Crippen molar-refractivity contribution in [2.24, 2.45) is 11.8 Å². The van der Waals surface area contributed by atoms with Gasteiger partial charge in [-0.25, -0.2) is 0 Å². The summed E-state index contributed by atoms with van der Waals surface area (Å²) in [5.74, 6) is 1.69. The molecule has 2 unspecified atom stereocenters. The predicted molar refractivity (Wildman–Crippen MR) is 76.4 cm³/mol. The van der Waals surface area contributed by atoms with Crippen molar-refractivity contribution in [1.82, 2.24) is 10.2 Å². The van der Waals surface area contributed by atoms with Gasteiger partial charge < -0.3 is 10.2 Å². The van der Waals surface area contributed by atoms with Crippen LogP contribution in [0.15, 0.2) is 0 Å². The molecule has 2 heteroatoms. The minimum atomic E-state index is 0.687. The zero-order valence-electron chi connectivity index (χ0n) is 12.5. The molecule has 2 nitrogen and oxygen atoms in total. The zero-order chi connectivity index (χ0) is 12.8. The zero-order valence-corrected chi connectivity index (χ0v) is 12.5. The van der Waals surface area contributed by atoms with E-state index in [-0.39, 0.29) is 0 Å². The molecule has 0 spiro atoms. The van der Waals surface area contributed by atoms with Gasteiger partial charge in [0, 0.05) is 12.1 Å². The Bertz CT molecular complexity index is 197. The molecule has 0 bridgehead atoms. The Morgan fingerprint density at radius 1 is 1.18 bits per heavy atom. The molecule has 1 saturated carbocycles. The Labute approximate surface area is 108 Å². The molecule has 0 aromatic carbocycles. The Morgan fingerprint density at radius 2 is 1.76 bits per heavy atom. The van der Waals surface area contributed by atoms with Crippen LogP contribution in [0, 0.1) is 11.8 Å². The molecule has 102 valence electrons. The van der Waals surface area contributed by atoms with Crippen LogP contribution in [0.2, 0.25) is 0 Å². The number of hydrogen-bond acceptors (Lipinski definition) is 2. The lowest BCUT2D eigenvalue weighted by Crippen LogP contribution is -2.45. The lowest BCUT2D eigenvalue weighted by Gasteiger charge is -2.39. The van der Waals surface area contributed by atoms with Crippen molar-refractivity contribution in [2.75, 3.05) is 20.1 Å². The topological polar surface area (TPSA) is 15.3 Å². The van der Waals surface area contributed by atoms with Crippen molar-refractivity contribution in [2.45, 2.75) is 65.5 Å². The highest BCUT2D eigenvalue weighted by molar-refractivity contribution is 4.82. The van der Waals surface area contributed by atoms with Gasteiger partial charge in [-0.2, -0.15) is 0 Å². The van der Waals surface area contributed by atoms with Crippen molar-refractivity contribution in [3.05, 3.63) is 0 Å². The first kappa shape index (κ1) is 15.0. The van der Waals surface area contributed by atoms with Crippen LogP contribution >= 0.6 is 0 Å². The van der Waals surface area contributed by atoms with Crippen molar-refractivity contribution < 1.29 is 0 Å². The van der Waals surface area contributed by atoms with Gasteiger partial charge in [-0.1, -0.05) is 20.8 Å². The third kappa shape index (κ3) is 4.59. The Kier molecular flexibility index (Phi) is 6.50. The first-order chi connectivity index (χ1) is 8.06. The van der Waals surface area contributed by atoms with E-state index < -0.39 is 0 Å². The van der Waals surface area contributed by atoms with E-state index in [0.717, 1.165) is 31.0 Å². The maximum Gasteiger partial charge on any atom is 0.0105 e. The van der Waals surface area contributed by atoms with Crippen LogP contribution in [-0.4, -0.2) is 37.1 Å². The summed E-state index contributed by atoms with van der Waals surface area (Å²) >= 11 is 0. The molecule has 0 aromatic heterocycles. The average molecular weight is 240 g/mol. The smallest absolute Gasteiger partial charge is 0.0105 e. The molecule has 0 radical (unpaired) electrons. The van der Waals surface area contributed by atoms with E-state index in [4.69, 9.17) is 0 Å². The highest BCUT2D eigenvalue weighted by Gasteiger charge is 2.26. The van der Waals surface area contributed by atoms with Gasteiger partial charge in [0.05, 0.1) is 0 Å². The molecule has 0 aliphatic heterocycles. The molecule has 17 heavy (non-hydrogen) atoms. The molecule has 1 rings (SSSR count). The largest absolute Gasteiger partial charge is 0.317 e. The molecule has 0 aromatic rings. The lowest BCUT2D eigenvalue weighted by atomic mass is 9.85. The molecule has 1 fully saturated rings. The minimum Gasteiger partial charge on any atom is -0.317 e. The van der Waals surface area contributed by atoms with Gasteiger partial charge in [0.15, 0.2) is 0 Å². The van der Waals surface area contributed by atoms with Crippen molar-refractivity contribution in [3.63, 3.8) is 0 Å². The fraction of sp³-hybridized carbons (Fsp3) is 1.00. The third-order valence-corrected chi connectivity index (χ3v) is 4.74. The van der Waals surface area contributed by atoms with E-state index in [1.807, 2.05) is 0 Å². The summed E-state index contributed by atoms with van der Waals surface area (Å²) in [6.45, 7) is 11.6. The Balaban J connectivity index is 2.37. The molecule has 2 atom stereocenters. The second-order valence-electron chi connectivity index (χ2n) is 6.10. The van der Waals surface area contributed by atoms with E-state index in [2.05, 4.69) is 45.0 Å². The molecule has 1 aliphatic rings. The molecule has 0 amide bonds. The average Bonchev–Trinajstić information content (AvgIpc) is 2.35. The van der Waals surface area contributed by atoms with E-state index in [1.165, 1.54) is 25.7 Å². The van der Waals surface area contributed by atoms with Gasteiger partial charge in [-0.3, -0.25) is 0 Å². The van der Waals surface area contributed by atoms with Crippen molar-refractivity contribution in [3.8, 4) is 0 Å². The standard InChI is InChI=1S/C15H32N2/c1-6-16-11-13(3)14(4)17(5)15-9-7-12(2)8-10-15/h12-16H,6-11H2,1-5H3. The summed E-state index contributed by atoms with van der Waals surface area (Å²) in [6.07, 6.45) is 5.64. The summed E-state index contributed by atoms with van der Waals surface area (Å²) in [6, 6.07) is 1.51. The molecule has 1 aliphatic carbocycles.